The maximum atomic E-state index is 13.0. The summed E-state index contributed by atoms with van der Waals surface area (Å²) in [4.78, 5) is 26.0. The predicted molar refractivity (Wildman–Crippen MR) is 169 cm³/mol. The van der Waals surface area contributed by atoms with Gasteiger partial charge in [0.05, 0.1) is 19.4 Å². The Balaban J connectivity index is 3.87. The molecule has 0 atom stereocenters. The Bertz CT molecular complexity index is 500. The highest BCUT2D eigenvalue weighted by molar-refractivity contribution is 5.84. The van der Waals surface area contributed by atoms with Gasteiger partial charge in [-0.05, 0) is 19.8 Å². The van der Waals surface area contributed by atoms with Crippen LogP contribution >= 0.6 is 0 Å². The number of aliphatic hydroxyl groups is 1. The second-order valence-corrected chi connectivity index (χ2v) is 12.2. The van der Waals surface area contributed by atoms with Crippen LogP contribution in [-0.4, -0.2) is 34.7 Å². The van der Waals surface area contributed by atoms with Gasteiger partial charge in [-0.3, -0.25) is 0 Å². The monoisotopic (exact) mass is 553 g/mol. The second kappa shape index (κ2) is 28.8. The summed E-state index contributed by atoms with van der Waals surface area (Å²) in [5, 5.41) is 10.1. The smallest absolute Gasteiger partial charge is 0.322 e. The number of carbonyl (C=O) groups excluding carboxylic acids is 2. The van der Waals surface area contributed by atoms with Crippen molar-refractivity contribution in [2.45, 2.75) is 201 Å². The molecule has 0 heterocycles. The lowest BCUT2D eigenvalue weighted by molar-refractivity contribution is -0.799. The van der Waals surface area contributed by atoms with Gasteiger partial charge in [0.25, 0.3) is 0 Å². The second-order valence-electron chi connectivity index (χ2n) is 12.2. The third-order valence-corrected chi connectivity index (χ3v) is 8.72. The van der Waals surface area contributed by atoms with Gasteiger partial charge in [0.1, 0.15) is 0 Å². The molecule has 0 aliphatic rings. The number of amides is 2. The molecule has 2 amide bonds. The number of unbranched alkanes of at least 4 members (excludes halogenated alkanes) is 24. The average Bonchev–Trinajstić information content (AvgIpc) is 2.94. The third kappa shape index (κ3) is 20.7. The molecule has 1 N–H and O–H groups in total. The molecule has 0 aromatic heterocycles. The lowest BCUT2D eigenvalue weighted by Crippen LogP contribution is -2.57. The van der Waals surface area contributed by atoms with Crippen molar-refractivity contribution >= 4 is 11.8 Å². The predicted octanol–water partition coefficient (Wildman–Crippen LogP) is 10.8. The van der Waals surface area contributed by atoms with E-state index < -0.39 is 0 Å². The van der Waals surface area contributed by atoms with E-state index in [0.717, 1.165) is 25.7 Å². The molecule has 4 nitrogen and oxygen atoms in total. The van der Waals surface area contributed by atoms with Crippen molar-refractivity contribution in [3.05, 3.63) is 0 Å². The highest BCUT2D eigenvalue weighted by atomic mass is 16.3. The molecule has 4 heteroatoms. The topological polar surface area (TPSA) is 54.4 Å². The molecule has 0 aromatic rings. The van der Waals surface area contributed by atoms with E-state index in [9.17, 15) is 14.7 Å². The Morgan fingerprint density at radius 3 is 0.846 bits per heavy atom. The van der Waals surface area contributed by atoms with Gasteiger partial charge in [-0.2, -0.15) is 4.48 Å². The number of nitrogens with zero attached hydrogens (tertiary/aromatic N) is 1. The molecule has 0 saturated heterocycles. The van der Waals surface area contributed by atoms with E-state index in [0.29, 0.717) is 19.4 Å². The van der Waals surface area contributed by atoms with Gasteiger partial charge in [-0.15, -0.1) is 0 Å². The molecule has 232 valence electrons. The van der Waals surface area contributed by atoms with Gasteiger partial charge >= 0.3 is 11.8 Å². The van der Waals surface area contributed by atoms with Crippen molar-refractivity contribution in [2.75, 3.05) is 13.3 Å². The van der Waals surface area contributed by atoms with Crippen LogP contribution in [0.3, 0.4) is 0 Å². The molecule has 0 radical (unpaired) electrons. The molecule has 0 bridgehead atoms. The van der Waals surface area contributed by atoms with Crippen LogP contribution in [0.4, 0.5) is 0 Å². The number of rotatable bonds is 30. The molecular formula is C35H70NO3+. The molecule has 0 aromatic carbocycles. The lowest BCUT2D eigenvalue weighted by atomic mass is 10.0. The first-order valence-electron chi connectivity index (χ1n) is 17.6. The first kappa shape index (κ1) is 38.3. The maximum absolute atomic E-state index is 13.0. The Morgan fingerprint density at radius 2 is 0.641 bits per heavy atom. The standard InChI is InChI=1S/C35H70NO3/c1-4-7-9-11-13-15-17-19-21-23-25-27-29-31-34(38)36(6-3,33-37)35(39)32-30-28-26-24-22-20-18-16-14-12-10-8-5-2/h37H,4-33H2,1-3H3/q+1. The van der Waals surface area contributed by atoms with Crippen molar-refractivity contribution in [3.8, 4) is 0 Å². The number of aliphatic hydroxyl groups excluding tert-OH is 1. The molecule has 0 unspecified atom stereocenters. The lowest BCUT2D eigenvalue weighted by Gasteiger charge is -2.30. The van der Waals surface area contributed by atoms with Crippen molar-refractivity contribution in [3.63, 3.8) is 0 Å². The normalized spacial score (nSPS) is 11.8. The highest BCUT2D eigenvalue weighted by Gasteiger charge is 2.41. The van der Waals surface area contributed by atoms with Crippen molar-refractivity contribution in [1.29, 1.82) is 0 Å². The van der Waals surface area contributed by atoms with Crippen LogP contribution in [0, 0.1) is 0 Å². The first-order chi connectivity index (χ1) is 19.1. The fourth-order valence-corrected chi connectivity index (χ4v) is 5.77. The van der Waals surface area contributed by atoms with Crippen LogP contribution < -0.4 is 0 Å². The summed E-state index contributed by atoms with van der Waals surface area (Å²) in [7, 11) is 0. The molecule has 0 aliphatic carbocycles. The zero-order valence-electron chi connectivity index (χ0n) is 26.9. The summed E-state index contributed by atoms with van der Waals surface area (Å²) in [6.07, 6.45) is 33.9. The fraction of sp³-hybridized carbons (Fsp3) is 0.943. The Hall–Kier alpha value is -0.740. The molecule has 0 aliphatic heterocycles. The van der Waals surface area contributed by atoms with Crippen LogP contribution in [0.5, 0.6) is 0 Å². The van der Waals surface area contributed by atoms with Crippen molar-refractivity contribution < 1.29 is 19.2 Å². The van der Waals surface area contributed by atoms with Crippen LogP contribution in [0.2, 0.25) is 0 Å². The molecule has 39 heavy (non-hydrogen) atoms. The summed E-state index contributed by atoms with van der Waals surface area (Å²) in [5.41, 5.74) is 0. The van der Waals surface area contributed by atoms with Crippen molar-refractivity contribution in [2.24, 2.45) is 0 Å². The molecule has 0 rings (SSSR count). The third-order valence-electron chi connectivity index (χ3n) is 8.72. The molecule has 0 spiro atoms. The van der Waals surface area contributed by atoms with Gasteiger partial charge in [0, 0.05) is 0 Å². The van der Waals surface area contributed by atoms with Gasteiger partial charge in [0.2, 0.25) is 0 Å². The highest BCUT2D eigenvalue weighted by Crippen LogP contribution is 2.19. The largest absolute Gasteiger partial charge is 0.346 e. The Morgan fingerprint density at radius 1 is 0.410 bits per heavy atom. The minimum Gasteiger partial charge on any atom is -0.346 e. The zero-order chi connectivity index (χ0) is 28.9. The summed E-state index contributed by atoms with van der Waals surface area (Å²) < 4.78 is -0.365. The van der Waals surface area contributed by atoms with Gasteiger partial charge in [-0.1, -0.05) is 168 Å². The average molecular weight is 553 g/mol. The van der Waals surface area contributed by atoms with Crippen LogP contribution in [0.1, 0.15) is 201 Å². The molecular weight excluding hydrogens is 482 g/mol. The summed E-state index contributed by atoms with van der Waals surface area (Å²) in [6, 6.07) is 0. The zero-order valence-corrected chi connectivity index (χ0v) is 26.9. The summed E-state index contributed by atoms with van der Waals surface area (Å²) in [5.74, 6) is -0.162. The van der Waals surface area contributed by atoms with Gasteiger partial charge in [-0.25, -0.2) is 9.59 Å². The Kier molecular flexibility index (Phi) is 28.2. The fourth-order valence-electron chi connectivity index (χ4n) is 5.77. The van der Waals surface area contributed by atoms with E-state index in [4.69, 9.17) is 0 Å². The van der Waals surface area contributed by atoms with E-state index in [1.54, 1.807) is 0 Å². The van der Waals surface area contributed by atoms with Crippen LogP contribution in [0.25, 0.3) is 0 Å². The van der Waals surface area contributed by atoms with Crippen LogP contribution in [-0.2, 0) is 9.59 Å². The minimum absolute atomic E-state index is 0.0808. The van der Waals surface area contributed by atoms with Crippen molar-refractivity contribution in [1.82, 2.24) is 0 Å². The van der Waals surface area contributed by atoms with E-state index in [2.05, 4.69) is 13.8 Å². The minimum atomic E-state index is -0.384. The number of hydrogen-bond donors (Lipinski definition) is 1. The summed E-state index contributed by atoms with van der Waals surface area (Å²) >= 11 is 0. The number of imide groups is 1. The first-order valence-corrected chi connectivity index (χ1v) is 17.6. The number of carbonyl (C=O) groups is 2. The van der Waals surface area contributed by atoms with Gasteiger partial charge < -0.3 is 5.11 Å². The number of hydrogen-bond acceptors (Lipinski definition) is 3. The number of quaternary nitrogens is 1. The quantitative estimate of drug-likeness (QED) is 0.0547. The van der Waals surface area contributed by atoms with Gasteiger partial charge in [0.15, 0.2) is 6.73 Å². The Labute approximate surface area is 244 Å². The van der Waals surface area contributed by atoms with E-state index in [1.165, 1.54) is 141 Å². The SMILES string of the molecule is CCCCCCCCCCCCCCCC(=O)[N+](CC)(CO)C(=O)CCCCCCCCCCCCCCC. The van der Waals surface area contributed by atoms with E-state index in [-0.39, 0.29) is 23.0 Å². The van der Waals surface area contributed by atoms with E-state index in [1.807, 2.05) is 6.92 Å². The molecule has 0 saturated carbocycles. The molecule has 0 fully saturated rings. The summed E-state index contributed by atoms with van der Waals surface area (Å²) in [6.45, 7) is 6.38. The van der Waals surface area contributed by atoms with E-state index >= 15 is 0 Å². The maximum Gasteiger partial charge on any atom is 0.322 e. The van der Waals surface area contributed by atoms with Crippen LogP contribution in [0.15, 0.2) is 0 Å².